The van der Waals surface area contributed by atoms with Crippen molar-refractivity contribution >= 4 is 17.4 Å². The summed E-state index contributed by atoms with van der Waals surface area (Å²) in [6.45, 7) is 4.32. The Morgan fingerprint density at radius 2 is 2.35 bits per heavy atom. The van der Waals surface area contributed by atoms with E-state index in [2.05, 4.69) is 28.0 Å². The van der Waals surface area contributed by atoms with Gasteiger partial charge in [-0.1, -0.05) is 24.4 Å². The maximum absolute atomic E-state index is 6.07. The quantitative estimate of drug-likeness (QED) is 0.787. The second kappa shape index (κ2) is 7.16. The van der Waals surface area contributed by atoms with Crippen LogP contribution in [0.4, 0.5) is 5.82 Å². The maximum atomic E-state index is 6.07. The van der Waals surface area contributed by atoms with Crippen molar-refractivity contribution in [2.24, 2.45) is 0 Å². The van der Waals surface area contributed by atoms with E-state index in [4.69, 9.17) is 18.0 Å². The van der Waals surface area contributed by atoms with Crippen LogP contribution in [0.3, 0.4) is 0 Å². The van der Waals surface area contributed by atoms with Crippen LogP contribution >= 0.6 is 11.6 Å². The van der Waals surface area contributed by atoms with Gasteiger partial charge in [0.15, 0.2) is 0 Å². The fraction of sp³-hybridized carbons (Fsp3) is 0.462. The first-order chi connectivity index (χ1) is 8.22. The zero-order valence-electron chi connectivity index (χ0n) is 10.3. The third-order valence-electron chi connectivity index (χ3n) is 2.39. The van der Waals surface area contributed by atoms with Crippen LogP contribution in [0.5, 0.6) is 0 Å². The monoisotopic (exact) mass is 251 g/mol. The zero-order chi connectivity index (χ0) is 12.7. The minimum Gasteiger partial charge on any atom is -0.345 e. The summed E-state index contributed by atoms with van der Waals surface area (Å²) in [5, 5.41) is 3.76. The van der Waals surface area contributed by atoms with Gasteiger partial charge in [-0.25, -0.2) is 4.98 Å². The van der Waals surface area contributed by atoms with Crippen LogP contribution < -0.4 is 10.2 Å². The lowest BCUT2D eigenvalue weighted by Crippen LogP contribution is -2.25. The van der Waals surface area contributed by atoms with Crippen LogP contribution in [-0.2, 0) is 6.54 Å². The Kier molecular flexibility index (Phi) is 5.82. The molecule has 3 nitrogen and oxygen atoms in total. The number of pyridine rings is 1. The van der Waals surface area contributed by atoms with E-state index in [0.29, 0.717) is 11.6 Å². The van der Waals surface area contributed by atoms with Gasteiger partial charge in [-0.05, 0) is 25.1 Å². The lowest BCUT2D eigenvalue weighted by atomic mass is 10.2. The van der Waals surface area contributed by atoms with E-state index in [0.717, 1.165) is 30.9 Å². The number of aromatic nitrogens is 1. The van der Waals surface area contributed by atoms with Gasteiger partial charge >= 0.3 is 0 Å². The predicted molar refractivity (Wildman–Crippen MR) is 73.3 cm³/mol. The number of nitrogens with zero attached hydrogens (tertiary/aromatic N) is 2. The fourth-order valence-electron chi connectivity index (χ4n) is 1.62. The summed E-state index contributed by atoms with van der Waals surface area (Å²) in [6, 6.07) is 1.99. The minimum absolute atomic E-state index is 0.571. The van der Waals surface area contributed by atoms with Crippen LogP contribution in [0.1, 0.15) is 18.9 Å². The smallest absolute Gasteiger partial charge is 0.129 e. The molecule has 0 atom stereocenters. The van der Waals surface area contributed by atoms with E-state index in [1.807, 2.05) is 13.1 Å². The molecule has 0 aliphatic rings. The zero-order valence-corrected chi connectivity index (χ0v) is 11.1. The average Bonchev–Trinajstić information content (AvgIpc) is 2.32. The maximum Gasteiger partial charge on any atom is 0.129 e. The van der Waals surface area contributed by atoms with Crippen molar-refractivity contribution in [1.82, 2.24) is 10.3 Å². The molecule has 0 aliphatic heterocycles. The van der Waals surface area contributed by atoms with Crippen molar-refractivity contribution in [3.05, 3.63) is 22.8 Å². The van der Waals surface area contributed by atoms with Gasteiger partial charge in [-0.15, -0.1) is 6.42 Å². The Morgan fingerprint density at radius 3 is 2.94 bits per heavy atom. The Hall–Kier alpha value is -1.24. The molecule has 1 heterocycles. The number of halogens is 1. The van der Waals surface area contributed by atoms with Gasteiger partial charge in [-0.2, -0.15) is 0 Å². The molecule has 0 spiro atoms. The van der Waals surface area contributed by atoms with Gasteiger partial charge in [-0.3, -0.25) is 0 Å². The Morgan fingerprint density at radius 1 is 1.59 bits per heavy atom. The Bertz CT molecular complexity index is 398. The molecule has 0 bridgehead atoms. The summed E-state index contributed by atoms with van der Waals surface area (Å²) in [4.78, 5) is 6.41. The van der Waals surface area contributed by atoms with E-state index < -0.39 is 0 Å². The molecule has 1 rings (SSSR count). The van der Waals surface area contributed by atoms with E-state index >= 15 is 0 Å². The van der Waals surface area contributed by atoms with E-state index in [1.165, 1.54) is 0 Å². The predicted octanol–water partition coefficient (Wildman–Crippen LogP) is 2.30. The van der Waals surface area contributed by atoms with E-state index in [9.17, 15) is 0 Å². The van der Waals surface area contributed by atoms with Gasteiger partial charge in [0, 0.05) is 19.3 Å². The Balaban J connectivity index is 2.95. The number of anilines is 1. The first-order valence-corrected chi connectivity index (χ1v) is 6.08. The number of terminal acetylenes is 1. The van der Waals surface area contributed by atoms with Gasteiger partial charge in [0.2, 0.25) is 0 Å². The SMILES string of the molecule is C#CCN(CCC)c1cc(CNC)c(Cl)cn1. The molecular formula is C13H18ClN3. The van der Waals surface area contributed by atoms with E-state index in [-0.39, 0.29) is 0 Å². The molecule has 0 saturated heterocycles. The summed E-state index contributed by atoms with van der Waals surface area (Å²) in [5.74, 6) is 3.54. The molecular weight excluding hydrogens is 234 g/mol. The van der Waals surface area contributed by atoms with Crippen molar-refractivity contribution in [1.29, 1.82) is 0 Å². The molecule has 0 amide bonds. The Labute approximate surface area is 108 Å². The molecule has 0 saturated carbocycles. The lowest BCUT2D eigenvalue weighted by molar-refractivity contribution is 0.794. The third-order valence-corrected chi connectivity index (χ3v) is 2.73. The molecule has 92 valence electrons. The molecule has 4 heteroatoms. The summed E-state index contributed by atoms with van der Waals surface area (Å²) in [6.07, 6.45) is 8.08. The number of hydrogen-bond acceptors (Lipinski definition) is 3. The van der Waals surface area contributed by atoms with Crippen LogP contribution in [0.15, 0.2) is 12.3 Å². The molecule has 0 aromatic carbocycles. The minimum atomic E-state index is 0.571. The van der Waals surface area contributed by atoms with Gasteiger partial charge in [0.1, 0.15) is 5.82 Å². The molecule has 1 N–H and O–H groups in total. The first-order valence-electron chi connectivity index (χ1n) is 5.70. The molecule has 0 aliphatic carbocycles. The third kappa shape index (κ3) is 3.92. The summed E-state index contributed by atoms with van der Waals surface area (Å²) in [5.41, 5.74) is 1.04. The highest BCUT2D eigenvalue weighted by atomic mass is 35.5. The fourth-order valence-corrected chi connectivity index (χ4v) is 1.79. The van der Waals surface area contributed by atoms with Gasteiger partial charge in [0.25, 0.3) is 0 Å². The second-order valence-corrected chi connectivity index (χ2v) is 4.20. The van der Waals surface area contributed by atoms with Crippen LogP contribution in [0.2, 0.25) is 5.02 Å². The second-order valence-electron chi connectivity index (χ2n) is 3.79. The molecule has 0 radical (unpaired) electrons. The summed E-state index contributed by atoms with van der Waals surface area (Å²) in [7, 11) is 1.89. The van der Waals surface area contributed by atoms with Crippen molar-refractivity contribution in [3.63, 3.8) is 0 Å². The van der Waals surface area contributed by atoms with Crippen LogP contribution in [-0.4, -0.2) is 25.1 Å². The van der Waals surface area contributed by atoms with Gasteiger partial charge < -0.3 is 10.2 Å². The van der Waals surface area contributed by atoms with E-state index in [1.54, 1.807) is 6.20 Å². The lowest BCUT2D eigenvalue weighted by Gasteiger charge is -2.21. The summed E-state index contributed by atoms with van der Waals surface area (Å²) >= 11 is 6.07. The topological polar surface area (TPSA) is 28.2 Å². The van der Waals surface area contributed by atoms with Crippen LogP contribution in [0, 0.1) is 12.3 Å². The molecule has 0 unspecified atom stereocenters. The summed E-state index contributed by atoms with van der Waals surface area (Å²) < 4.78 is 0. The molecule has 1 aromatic heterocycles. The number of hydrogen-bond donors (Lipinski definition) is 1. The van der Waals surface area contributed by atoms with Crippen LogP contribution in [0.25, 0.3) is 0 Å². The number of nitrogens with one attached hydrogen (secondary N) is 1. The molecule has 0 fully saturated rings. The van der Waals surface area contributed by atoms with Crippen molar-refractivity contribution in [2.45, 2.75) is 19.9 Å². The molecule has 17 heavy (non-hydrogen) atoms. The highest BCUT2D eigenvalue weighted by Crippen LogP contribution is 2.20. The van der Waals surface area contributed by atoms with Gasteiger partial charge in [0.05, 0.1) is 11.6 Å². The highest BCUT2D eigenvalue weighted by Gasteiger charge is 2.08. The highest BCUT2D eigenvalue weighted by molar-refractivity contribution is 6.31. The normalized spacial score (nSPS) is 10.0. The van der Waals surface area contributed by atoms with Crippen molar-refractivity contribution < 1.29 is 0 Å². The van der Waals surface area contributed by atoms with Crippen molar-refractivity contribution in [2.75, 3.05) is 25.0 Å². The average molecular weight is 252 g/mol. The first kappa shape index (κ1) is 13.8. The standard InChI is InChI=1S/C13H18ClN3/c1-4-6-17(7-5-2)13-8-11(9-15-3)12(14)10-16-13/h1,8,10,15H,5-7,9H2,2-3H3. The van der Waals surface area contributed by atoms with Crippen molar-refractivity contribution in [3.8, 4) is 12.3 Å². The largest absolute Gasteiger partial charge is 0.345 e. The molecule has 1 aromatic rings. The number of rotatable bonds is 6.